The molecule has 1 aliphatic carbocycles. The van der Waals surface area contributed by atoms with Crippen molar-refractivity contribution in [2.24, 2.45) is 5.73 Å². The van der Waals surface area contributed by atoms with E-state index < -0.39 is 0 Å². The zero-order valence-corrected chi connectivity index (χ0v) is 9.57. The van der Waals surface area contributed by atoms with Crippen LogP contribution in [0, 0.1) is 0 Å². The molecule has 15 heavy (non-hydrogen) atoms. The van der Waals surface area contributed by atoms with Crippen LogP contribution in [0.5, 0.6) is 0 Å². The molecule has 1 amide bonds. The summed E-state index contributed by atoms with van der Waals surface area (Å²) < 4.78 is 0. The molecule has 1 atom stereocenters. The second-order valence-electron chi connectivity index (χ2n) is 4.23. The third-order valence-corrected chi connectivity index (χ3v) is 2.68. The molecule has 0 heterocycles. The van der Waals surface area contributed by atoms with E-state index in [2.05, 4.69) is 17.5 Å². The lowest BCUT2D eigenvalue weighted by Gasteiger charge is -2.22. The molecule has 1 rings (SSSR count). The van der Waals surface area contributed by atoms with Crippen LogP contribution in [0.4, 0.5) is 0 Å². The number of nitrogens with one attached hydrogen (secondary N) is 1. The quantitative estimate of drug-likeness (QED) is 0.634. The maximum Gasteiger partial charge on any atom is 0.223 e. The Morgan fingerprint density at radius 1 is 1.53 bits per heavy atom. The largest absolute Gasteiger partial charge is 0.349 e. The molecule has 0 aromatic carbocycles. The Labute approximate surface area is 91.5 Å². The first kappa shape index (κ1) is 12.2. The summed E-state index contributed by atoms with van der Waals surface area (Å²) in [4.78, 5) is 13.1. The summed E-state index contributed by atoms with van der Waals surface area (Å²) in [5, 5.41) is 3.42. The van der Waals surface area contributed by atoms with E-state index in [1.807, 2.05) is 0 Å². The van der Waals surface area contributed by atoms with Crippen LogP contribution in [0.1, 0.15) is 19.3 Å². The molecular formula is C11H21N3O. The molecule has 86 valence electrons. The number of hydrogen-bond acceptors (Lipinski definition) is 3. The maximum atomic E-state index is 11.5. The predicted octanol–water partition coefficient (Wildman–Crippen LogP) is 0.100. The molecule has 0 bridgehead atoms. The lowest BCUT2D eigenvalue weighted by atomic mass is 10.1. The molecule has 1 aliphatic rings. The van der Waals surface area contributed by atoms with Crippen LogP contribution in [-0.4, -0.2) is 43.5 Å². The fraction of sp³-hybridized carbons (Fsp3) is 0.727. The van der Waals surface area contributed by atoms with Gasteiger partial charge in [0.1, 0.15) is 0 Å². The van der Waals surface area contributed by atoms with Gasteiger partial charge >= 0.3 is 0 Å². The molecule has 0 aliphatic heterocycles. The van der Waals surface area contributed by atoms with Gasteiger partial charge in [0, 0.05) is 39.1 Å². The average molecular weight is 211 g/mol. The van der Waals surface area contributed by atoms with Gasteiger partial charge in [-0.3, -0.25) is 4.79 Å². The van der Waals surface area contributed by atoms with Gasteiger partial charge in [-0.25, -0.2) is 0 Å². The van der Waals surface area contributed by atoms with Gasteiger partial charge in [0.2, 0.25) is 5.91 Å². The standard InChI is InChI=1S/C11H21N3O/c1-14(2)11(15)7-10(8-12)13-9-5-3-4-6-9/h3-4,9-10,13H,5-8,12H2,1-2H3. The topological polar surface area (TPSA) is 58.4 Å². The zero-order chi connectivity index (χ0) is 11.3. The molecule has 0 aromatic rings. The van der Waals surface area contributed by atoms with Gasteiger partial charge in [-0.05, 0) is 12.8 Å². The molecule has 4 nitrogen and oxygen atoms in total. The monoisotopic (exact) mass is 211 g/mol. The van der Waals surface area contributed by atoms with Gasteiger partial charge in [-0.15, -0.1) is 0 Å². The second-order valence-corrected chi connectivity index (χ2v) is 4.23. The summed E-state index contributed by atoms with van der Waals surface area (Å²) in [6, 6.07) is 0.568. The van der Waals surface area contributed by atoms with Crippen molar-refractivity contribution >= 4 is 5.91 Å². The minimum Gasteiger partial charge on any atom is -0.349 e. The van der Waals surface area contributed by atoms with E-state index in [1.54, 1.807) is 19.0 Å². The van der Waals surface area contributed by atoms with E-state index in [1.165, 1.54) is 0 Å². The predicted molar refractivity (Wildman–Crippen MR) is 61.5 cm³/mol. The van der Waals surface area contributed by atoms with Crippen molar-refractivity contribution in [1.82, 2.24) is 10.2 Å². The van der Waals surface area contributed by atoms with Crippen molar-refractivity contribution in [2.45, 2.75) is 31.3 Å². The van der Waals surface area contributed by atoms with Crippen LogP contribution in [0.15, 0.2) is 12.2 Å². The Morgan fingerprint density at radius 3 is 2.60 bits per heavy atom. The van der Waals surface area contributed by atoms with Gasteiger partial charge < -0.3 is 16.0 Å². The van der Waals surface area contributed by atoms with Gasteiger partial charge in [-0.1, -0.05) is 12.2 Å². The molecule has 0 fully saturated rings. The number of amides is 1. The van der Waals surface area contributed by atoms with E-state index >= 15 is 0 Å². The van der Waals surface area contributed by atoms with Gasteiger partial charge in [0.15, 0.2) is 0 Å². The first-order chi connectivity index (χ1) is 7.13. The Morgan fingerprint density at radius 2 is 2.13 bits per heavy atom. The molecular weight excluding hydrogens is 190 g/mol. The maximum absolute atomic E-state index is 11.5. The van der Waals surface area contributed by atoms with Gasteiger partial charge in [0.25, 0.3) is 0 Å². The first-order valence-corrected chi connectivity index (χ1v) is 5.44. The first-order valence-electron chi connectivity index (χ1n) is 5.44. The molecule has 1 unspecified atom stereocenters. The summed E-state index contributed by atoms with van der Waals surface area (Å²) in [6.07, 6.45) is 6.91. The Balaban J connectivity index is 2.32. The fourth-order valence-electron chi connectivity index (χ4n) is 1.69. The van der Waals surface area contributed by atoms with Crippen molar-refractivity contribution in [1.29, 1.82) is 0 Å². The summed E-state index contributed by atoms with van der Waals surface area (Å²) >= 11 is 0. The number of carbonyl (C=O) groups is 1. The van der Waals surface area contributed by atoms with Crippen LogP contribution in [0.3, 0.4) is 0 Å². The van der Waals surface area contributed by atoms with Crippen molar-refractivity contribution in [3.05, 3.63) is 12.2 Å². The molecule has 3 N–H and O–H groups in total. The molecule has 0 saturated heterocycles. The third-order valence-electron chi connectivity index (χ3n) is 2.68. The molecule has 0 aromatic heterocycles. The summed E-state index contributed by atoms with van der Waals surface area (Å²) in [6.45, 7) is 0.510. The minimum atomic E-state index is 0.102. The minimum absolute atomic E-state index is 0.102. The van der Waals surface area contributed by atoms with Crippen LogP contribution in [0.25, 0.3) is 0 Å². The van der Waals surface area contributed by atoms with Crippen LogP contribution in [-0.2, 0) is 4.79 Å². The molecule has 0 spiro atoms. The van der Waals surface area contributed by atoms with Crippen LogP contribution in [0.2, 0.25) is 0 Å². The summed E-state index contributed by atoms with van der Waals surface area (Å²) in [5.74, 6) is 0.129. The van der Waals surface area contributed by atoms with Crippen LogP contribution < -0.4 is 11.1 Å². The van der Waals surface area contributed by atoms with E-state index in [0.29, 0.717) is 19.0 Å². The van der Waals surface area contributed by atoms with Crippen LogP contribution >= 0.6 is 0 Å². The lowest BCUT2D eigenvalue weighted by Crippen LogP contribution is -2.44. The van der Waals surface area contributed by atoms with E-state index in [9.17, 15) is 4.79 Å². The van der Waals surface area contributed by atoms with Crippen molar-refractivity contribution < 1.29 is 4.79 Å². The fourth-order valence-corrected chi connectivity index (χ4v) is 1.69. The normalized spacial score (nSPS) is 18.1. The third kappa shape index (κ3) is 4.01. The number of hydrogen-bond donors (Lipinski definition) is 2. The number of rotatable bonds is 5. The highest BCUT2D eigenvalue weighted by molar-refractivity contribution is 5.76. The van der Waals surface area contributed by atoms with Gasteiger partial charge in [-0.2, -0.15) is 0 Å². The summed E-state index contributed by atoms with van der Waals surface area (Å²) in [5.41, 5.74) is 5.65. The highest BCUT2D eigenvalue weighted by Gasteiger charge is 2.18. The second kappa shape index (κ2) is 5.88. The highest BCUT2D eigenvalue weighted by Crippen LogP contribution is 2.10. The summed E-state index contributed by atoms with van der Waals surface area (Å²) in [7, 11) is 3.54. The van der Waals surface area contributed by atoms with Gasteiger partial charge in [0.05, 0.1) is 0 Å². The molecule has 0 saturated carbocycles. The van der Waals surface area contributed by atoms with Crippen molar-refractivity contribution in [3.63, 3.8) is 0 Å². The Kier molecular flexibility index (Phi) is 4.78. The molecule has 0 radical (unpaired) electrons. The Bertz CT molecular complexity index is 230. The number of carbonyl (C=O) groups excluding carboxylic acids is 1. The van der Waals surface area contributed by atoms with E-state index in [-0.39, 0.29) is 11.9 Å². The lowest BCUT2D eigenvalue weighted by molar-refractivity contribution is -0.129. The smallest absolute Gasteiger partial charge is 0.223 e. The number of nitrogens with zero attached hydrogens (tertiary/aromatic N) is 1. The highest BCUT2D eigenvalue weighted by atomic mass is 16.2. The van der Waals surface area contributed by atoms with Crippen molar-refractivity contribution in [2.75, 3.05) is 20.6 Å². The number of nitrogens with two attached hydrogens (primary N) is 1. The SMILES string of the molecule is CN(C)C(=O)CC(CN)NC1CC=CC1. The Hall–Kier alpha value is -0.870. The van der Waals surface area contributed by atoms with Crippen molar-refractivity contribution in [3.8, 4) is 0 Å². The van der Waals surface area contributed by atoms with E-state index in [4.69, 9.17) is 5.73 Å². The van der Waals surface area contributed by atoms with E-state index in [0.717, 1.165) is 12.8 Å². The average Bonchev–Trinajstić information content (AvgIpc) is 2.69. The molecule has 4 heteroatoms. The zero-order valence-electron chi connectivity index (χ0n) is 9.57.